The van der Waals surface area contributed by atoms with E-state index in [0.717, 1.165) is 5.69 Å². The van der Waals surface area contributed by atoms with Crippen molar-refractivity contribution in [3.63, 3.8) is 0 Å². The fourth-order valence-electron chi connectivity index (χ4n) is 1.81. The molecule has 16 heavy (non-hydrogen) atoms. The van der Waals surface area contributed by atoms with Gasteiger partial charge in [0.2, 0.25) is 5.91 Å². The molecule has 0 aliphatic carbocycles. The monoisotopic (exact) mass is 224 g/mol. The van der Waals surface area contributed by atoms with Crippen molar-refractivity contribution >= 4 is 5.91 Å². The van der Waals surface area contributed by atoms with Gasteiger partial charge in [-0.05, 0) is 19.8 Å². The molecule has 1 atom stereocenters. The Morgan fingerprint density at radius 1 is 1.50 bits per heavy atom. The van der Waals surface area contributed by atoms with E-state index in [-0.39, 0.29) is 11.8 Å². The van der Waals surface area contributed by atoms with Crippen LogP contribution in [0.3, 0.4) is 0 Å². The molecule has 0 fully saturated rings. The summed E-state index contributed by atoms with van der Waals surface area (Å²) < 4.78 is 1.77. The average Bonchev–Trinajstić information content (AvgIpc) is 2.49. The summed E-state index contributed by atoms with van der Waals surface area (Å²) in [6, 6.07) is -0.402. The second kappa shape index (κ2) is 4.25. The van der Waals surface area contributed by atoms with Gasteiger partial charge >= 0.3 is 0 Å². The van der Waals surface area contributed by atoms with Gasteiger partial charge in [0.15, 0.2) is 0 Å². The fraction of sp³-hybridized carbons (Fsp3) is 0.636. The Hall–Kier alpha value is -1.36. The van der Waals surface area contributed by atoms with Crippen LogP contribution in [0.4, 0.5) is 0 Å². The number of carbonyl (C=O) groups excluding carboxylic acids is 1. The minimum Gasteiger partial charge on any atom is -0.368 e. The van der Waals surface area contributed by atoms with Gasteiger partial charge in [0, 0.05) is 0 Å². The minimum absolute atomic E-state index is 0.104. The Morgan fingerprint density at radius 3 is 2.44 bits per heavy atom. The summed E-state index contributed by atoms with van der Waals surface area (Å²) in [4.78, 5) is 15.5. The SMILES string of the molecule is CC(C)C(C(N)=O)n1cncc1C(C)(C)N. The molecule has 1 unspecified atom stereocenters. The van der Waals surface area contributed by atoms with E-state index < -0.39 is 11.6 Å². The lowest BCUT2D eigenvalue weighted by atomic mass is 9.99. The molecular formula is C11H20N4O. The Labute approximate surface area is 95.8 Å². The molecule has 0 aromatic carbocycles. The first-order chi connectivity index (χ1) is 7.25. The molecule has 0 saturated carbocycles. The molecule has 90 valence electrons. The quantitative estimate of drug-likeness (QED) is 0.791. The van der Waals surface area contributed by atoms with Gasteiger partial charge in [-0.15, -0.1) is 0 Å². The molecule has 0 aliphatic rings. The number of amides is 1. The van der Waals surface area contributed by atoms with Crippen LogP contribution < -0.4 is 11.5 Å². The topological polar surface area (TPSA) is 86.9 Å². The summed E-state index contributed by atoms with van der Waals surface area (Å²) in [5, 5.41) is 0. The Morgan fingerprint density at radius 2 is 2.06 bits per heavy atom. The third-order valence-corrected chi connectivity index (χ3v) is 2.55. The van der Waals surface area contributed by atoms with Crippen LogP contribution in [-0.2, 0) is 10.3 Å². The van der Waals surface area contributed by atoms with Crippen molar-refractivity contribution in [2.24, 2.45) is 17.4 Å². The zero-order valence-electron chi connectivity index (χ0n) is 10.3. The highest BCUT2D eigenvalue weighted by atomic mass is 16.1. The lowest BCUT2D eigenvalue weighted by molar-refractivity contribution is -0.122. The van der Waals surface area contributed by atoms with Crippen LogP contribution in [0.25, 0.3) is 0 Å². The third kappa shape index (κ3) is 2.41. The molecule has 5 heteroatoms. The number of carbonyl (C=O) groups is 1. The maximum Gasteiger partial charge on any atom is 0.240 e. The number of imidazole rings is 1. The van der Waals surface area contributed by atoms with E-state index in [1.807, 2.05) is 27.7 Å². The predicted molar refractivity (Wildman–Crippen MR) is 62.5 cm³/mol. The van der Waals surface area contributed by atoms with Crippen LogP contribution in [0.15, 0.2) is 12.5 Å². The number of hydrogen-bond donors (Lipinski definition) is 2. The molecule has 4 N–H and O–H groups in total. The average molecular weight is 224 g/mol. The normalized spacial score (nSPS) is 14.1. The van der Waals surface area contributed by atoms with Gasteiger partial charge in [0.25, 0.3) is 0 Å². The van der Waals surface area contributed by atoms with Crippen molar-refractivity contribution in [3.8, 4) is 0 Å². The van der Waals surface area contributed by atoms with E-state index in [1.54, 1.807) is 17.1 Å². The summed E-state index contributed by atoms with van der Waals surface area (Å²) in [5.41, 5.74) is 11.7. The van der Waals surface area contributed by atoms with Gasteiger partial charge in [-0.2, -0.15) is 0 Å². The Bertz CT molecular complexity index is 376. The Balaban J connectivity index is 3.21. The van der Waals surface area contributed by atoms with Crippen LogP contribution >= 0.6 is 0 Å². The molecule has 0 aliphatic heterocycles. The predicted octanol–water partition coefficient (Wildman–Crippen LogP) is 0.759. The van der Waals surface area contributed by atoms with Crippen LogP contribution in [0, 0.1) is 5.92 Å². The zero-order valence-corrected chi connectivity index (χ0v) is 10.3. The van der Waals surface area contributed by atoms with E-state index in [1.165, 1.54) is 0 Å². The Kier molecular flexibility index (Phi) is 3.38. The maximum atomic E-state index is 11.5. The number of primary amides is 1. The van der Waals surface area contributed by atoms with Gasteiger partial charge < -0.3 is 16.0 Å². The summed E-state index contributed by atoms with van der Waals surface area (Å²) in [6.45, 7) is 7.64. The highest BCUT2D eigenvalue weighted by Gasteiger charge is 2.28. The zero-order chi connectivity index (χ0) is 12.5. The van der Waals surface area contributed by atoms with Crippen LogP contribution in [-0.4, -0.2) is 15.5 Å². The first kappa shape index (κ1) is 12.7. The molecule has 1 aromatic heterocycles. The summed E-state index contributed by atoms with van der Waals surface area (Å²) >= 11 is 0. The van der Waals surface area contributed by atoms with E-state index in [9.17, 15) is 4.79 Å². The molecule has 1 rings (SSSR count). The summed E-state index contributed by atoms with van der Waals surface area (Å²) in [6.07, 6.45) is 3.29. The molecular weight excluding hydrogens is 204 g/mol. The molecule has 0 bridgehead atoms. The van der Waals surface area contributed by atoms with Crippen LogP contribution in [0.5, 0.6) is 0 Å². The number of aromatic nitrogens is 2. The van der Waals surface area contributed by atoms with Crippen molar-refractivity contribution in [1.82, 2.24) is 9.55 Å². The van der Waals surface area contributed by atoms with Gasteiger partial charge in [-0.1, -0.05) is 13.8 Å². The fourth-order valence-corrected chi connectivity index (χ4v) is 1.81. The lowest BCUT2D eigenvalue weighted by Gasteiger charge is -2.26. The van der Waals surface area contributed by atoms with Gasteiger partial charge in [-0.3, -0.25) is 4.79 Å². The van der Waals surface area contributed by atoms with E-state index in [4.69, 9.17) is 11.5 Å². The maximum absolute atomic E-state index is 11.5. The first-order valence-electron chi connectivity index (χ1n) is 5.35. The van der Waals surface area contributed by atoms with Crippen molar-refractivity contribution < 1.29 is 4.79 Å². The first-order valence-corrected chi connectivity index (χ1v) is 5.35. The second-order valence-corrected chi connectivity index (χ2v) is 5.00. The van der Waals surface area contributed by atoms with Crippen molar-refractivity contribution in [2.45, 2.75) is 39.3 Å². The van der Waals surface area contributed by atoms with Gasteiger partial charge in [-0.25, -0.2) is 4.98 Å². The van der Waals surface area contributed by atoms with Crippen molar-refractivity contribution in [2.75, 3.05) is 0 Å². The van der Waals surface area contributed by atoms with Crippen molar-refractivity contribution in [1.29, 1.82) is 0 Å². The van der Waals surface area contributed by atoms with Crippen molar-refractivity contribution in [3.05, 3.63) is 18.2 Å². The van der Waals surface area contributed by atoms with Crippen LogP contribution in [0.1, 0.15) is 39.4 Å². The van der Waals surface area contributed by atoms with Gasteiger partial charge in [0.05, 0.1) is 23.8 Å². The number of nitrogens with two attached hydrogens (primary N) is 2. The number of nitrogens with zero attached hydrogens (tertiary/aromatic N) is 2. The van der Waals surface area contributed by atoms with Crippen LogP contribution in [0.2, 0.25) is 0 Å². The third-order valence-electron chi connectivity index (χ3n) is 2.55. The second-order valence-electron chi connectivity index (χ2n) is 5.00. The minimum atomic E-state index is -0.543. The molecule has 5 nitrogen and oxygen atoms in total. The standard InChI is InChI=1S/C11H20N4O/c1-7(2)9(10(12)16)15-6-14-5-8(15)11(3,4)13/h5-7,9H,13H2,1-4H3,(H2,12,16). The molecule has 1 amide bonds. The summed E-state index contributed by atoms with van der Waals surface area (Å²) in [7, 11) is 0. The number of rotatable bonds is 4. The smallest absolute Gasteiger partial charge is 0.240 e. The van der Waals surface area contributed by atoms with E-state index in [2.05, 4.69) is 4.98 Å². The molecule has 1 heterocycles. The summed E-state index contributed by atoms with van der Waals surface area (Å²) in [5.74, 6) is -0.258. The number of hydrogen-bond acceptors (Lipinski definition) is 3. The van der Waals surface area contributed by atoms with Gasteiger partial charge in [0.1, 0.15) is 6.04 Å². The lowest BCUT2D eigenvalue weighted by Crippen LogP contribution is -2.37. The molecule has 1 aromatic rings. The molecule has 0 radical (unpaired) electrons. The highest BCUT2D eigenvalue weighted by Crippen LogP contribution is 2.24. The highest BCUT2D eigenvalue weighted by molar-refractivity contribution is 5.78. The van der Waals surface area contributed by atoms with E-state index in [0.29, 0.717) is 0 Å². The molecule has 0 spiro atoms. The molecule has 0 saturated heterocycles. The van der Waals surface area contributed by atoms with E-state index >= 15 is 0 Å². The largest absolute Gasteiger partial charge is 0.368 e.